The van der Waals surface area contributed by atoms with Gasteiger partial charge in [0.1, 0.15) is 0 Å². The van der Waals surface area contributed by atoms with Crippen LogP contribution < -0.4 is 5.73 Å². The number of nitrogens with zero attached hydrogens (tertiary/aromatic N) is 2. The lowest BCUT2D eigenvalue weighted by atomic mass is 9.70. The minimum absolute atomic E-state index is 0.0925. The zero-order valence-corrected chi connectivity index (χ0v) is 14.2. The zero-order chi connectivity index (χ0) is 15.6. The van der Waals surface area contributed by atoms with Gasteiger partial charge in [-0.15, -0.1) is 0 Å². The maximum atomic E-state index is 6.07. The molecule has 1 fully saturated rings. The lowest BCUT2D eigenvalue weighted by Crippen LogP contribution is -2.28. The fourth-order valence-electron chi connectivity index (χ4n) is 3.17. The molecule has 1 saturated carbocycles. The smallest absolute Gasteiger partial charge is 0.228 e. The van der Waals surface area contributed by atoms with E-state index in [1.54, 1.807) is 0 Å². The number of rotatable bonds is 4. The Bertz CT molecular complexity index is 439. The Labute approximate surface area is 128 Å². The van der Waals surface area contributed by atoms with Gasteiger partial charge in [0.05, 0.1) is 0 Å². The Kier molecular flexibility index (Phi) is 5.07. The van der Waals surface area contributed by atoms with Crippen LogP contribution in [0.25, 0.3) is 0 Å². The predicted molar refractivity (Wildman–Crippen MR) is 85.0 cm³/mol. The number of nitrogens with two attached hydrogens (primary N) is 1. The first-order valence-corrected chi connectivity index (χ1v) is 8.35. The third-order valence-corrected chi connectivity index (χ3v) is 5.07. The molecule has 1 unspecified atom stereocenters. The predicted octanol–water partition coefficient (Wildman–Crippen LogP) is 3.92. The van der Waals surface area contributed by atoms with Gasteiger partial charge in [-0.2, -0.15) is 4.98 Å². The van der Waals surface area contributed by atoms with Gasteiger partial charge in [-0.05, 0) is 42.9 Å². The van der Waals surface area contributed by atoms with Crippen LogP contribution >= 0.6 is 0 Å². The van der Waals surface area contributed by atoms with E-state index < -0.39 is 0 Å². The average molecular weight is 293 g/mol. The molecule has 1 heterocycles. The first-order chi connectivity index (χ1) is 9.77. The largest absolute Gasteiger partial charge is 0.339 e. The normalized spacial score (nSPS) is 25.3. The summed E-state index contributed by atoms with van der Waals surface area (Å²) in [5.41, 5.74) is 6.49. The average Bonchev–Trinajstić information content (AvgIpc) is 2.86. The highest BCUT2D eigenvalue weighted by Crippen LogP contribution is 2.42. The van der Waals surface area contributed by atoms with Crippen molar-refractivity contribution in [1.29, 1.82) is 0 Å². The van der Waals surface area contributed by atoms with Crippen LogP contribution in [0.5, 0.6) is 0 Å². The number of hydrogen-bond acceptors (Lipinski definition) is 4. The quantitative estimate of drug-likeness (QED) is 0.914. The summed E-state index contributed by atoms with van der Waals surface area (Å²) in [6, 6.07) is 0.0925. The van der Waals surface area contributed by atoms with Gasteiger partial charge in [-0.3, -0.25) is 0 Å². The van der Waals surface area contributed by atoms with E-state index in [1.807, 2.05) is 0 Å². The number of aromatic nitrogens is 2. The van der Waals surface area contributed by atoms with Crippen LogP contribution in [0.2, 0.25) is 0 Å². The molecule has 0 saturated heterocycles. The summed E-state index contributed by atoms with van der Waals surface area (Å²) in [4.78, 5) is 4.59. The Hall–Kier alpha value is -0.900. The first kappa shape index (κ1) is 16.5. The summed E-state index contributed by atoms with van der Waals surface area (Å²) in [5, 5.41) is 4.20. The van der Waals surface area contributed by atoms with Crippen molar-refractivity contribution in [3.63, 3.8) is 0 Å². The molecule has 2 rings (SSSR count). The summed E-state index contributed by atoms with van der Waals surface area (Å²) < 4.78 is 5.39. The molecule has 0 spiro atoms. The van der Waals surface area contributed by atoms with Crippen molar-refractivity contribution in [2.75, 3.05) is 0 Å². The van der Waals surface area contributed by atoms with Crippen LogP contribution in [0.1, 0.15) is 77.9 Å². The molecule has 0 bridgehead atoms. The summed E-state index contributed by atoms with van der Waals surface area (Å²) in [6.45, 7) is 11.3. The molecular weight excluding hydrogens is 262 g/mol. The van der Waals surface area contributed by atoms with Crippen LogP contribution in [0.15, 0.2) is 4.52 Å². The third-order valence-electron chi connectivity index (χ3n) is 5.07. The monoisotopic (exact) mass is 293 g/mol. The van der Waals surface area contributed by atoms with Crippen molar-refractivity contribution in [1.82, 2.24) is 10.1 Å². The number of hydrogen-bond donors (Lipinski definition) is 1. The maximum absolute atomic E-state index is 6.07. The van der Waals surface area contributed by atoms with E-state index in [9.17, 15) is 0 Å². The van der Waals surface area contributed by atoms with Crippen molar-refractivity contribution in [2.24, 2.45) is 23.0 Å². The third kappa shape index (κ3) is 4.29. The summed E-state index contributed by atoms with van der Waals surface area (Å²) >= 11 is 0. The van der Waals surface area contributed by atoms with Crippen molar-refractivity contribution in [3.8, 4) is 0 Å². The van der Waals surface area contributed by atoms with Crippen LogP contribution in [-0.2, 0) is 6.42 Å². The second kappa shape index (κ2) is 6.47. The highest BCUT2D eigenvalue weighted by Gasteiger charge is 2.32. The fourth-order valence-corrected chi connectivity index (χ4v) is 3.17. The maximum Gasteiger partial charge on any atom is 0.228 e. The summed E-state index contributed by atoms with van der Waals surface area (Å²) in [6.07, 6.45) is 5.57. The molecule has 21 heavy (non-hydrogen) atoms. The Morgan fingerprint density at radius 2 is 1.81 bits per heavy atom. The molecule has 4 heteroatoms. The highest BCUT2D eigenvalue weighted by atomic mass is 16.5. The molecule has 2 N–H and O–H groups in total. The molecule has 1 aliphatic carbocycles. The standard InChI is InChI=1S/C17H31N3O/c1-11(2)14(18)10-15-19-16(20-21-15)12-6-8-13(9-7-12)17(3,4)5/h11-14H,6-10,18H2,1-5H3. The van der Waals surface area contributed by atoms with Crippen molar-refractivity contribution in [2.45, 2.75) is 78.7 Å². The van der Waals surface area contributed by atoms with Gasteiger partial charge in [-0.25, -0.2) is 0 Å². The molecule has 1 aliphatic rings. The topological polar surface area (TPSA) is 64.9 Å². The van der Waals surface area contributed by atoms with Gasteiger partial charge < -0.3 is 10.3 Å². The van der Waals surface area contributed by atoms with Crippen LogP contribution in [0, 0.1) is 17.3 Å². The van der Waals surface area contributed by atoms with Crippen molar-refractivity contribution in [3.05, 3.63) is 11.7 Å². The fraction of sp³-hybridized carbons (Fsp3) is 0.882. The molecule has 4 nitrogen and oxygen atoms in total. The molecule has 0 aromatic carbocycles. The Morgan fingerprint density at radius 1 is 1.19 bits per heavy atom. The van der Waals surface area contributed by atoms with Crippen LogP contribution in [-0.4, -0.2) is 16.2 Å². The van der Waals surface area contributed by atoms with Gasteiger partial charge in [0, 0.05) is 18.4 Å². The van der Waals surface area contributed by atoms with Gasteiger partial charge in [0.15, 0.2) is 5.82 Å². The molecule has 1 aromatic heterocycles. The minimum Gasteiger partial charge on any atom is -0.339 e. The molecule has 0 amide bonds. The van der Waals surface area contributed by atoms with Crippen molar-refractivity contribution >= 4 is 0 Å². The van der Waals surface area contributed by atoms with E-state index in [2.05, 4.69) is 44.8 Å². The van der Waals surface area contributed by atoms with E-state index >= 15 is 0 Å². The molecule has 0 aliphatic heterocycles. The Morgan fingerprint density at radius 3 is 2.33 bits per heavy atom. The minimum atomic E-state index is 0.0925. The van der Waals surface area contributed by atoms with Gasteiger partial charge in [0.25, 0.3) is 0 Å². The lowest BCUT2D eigenvalue weighted by Gasteiger charge is -2.36. The summed E-state index contributed by atoms with van der Waals surface area (Å²) in [7, 11) is 0. The van der Waals surface area contributed by atoms with E-state index in [0.717, 1.165) is 11.7 Å². The van der Waals surface area contributed by atoms with E-state index in [1.165, 1.54) is 25.7 Å². The Balaban J connectivity index is 1.91. The first-order valence-electron chi connectivity index (χ1n) is 8.35. The van der Waals surface area contributed by atoms with Gasteiger partial charge in [-0.1, -0.05) is 39.8 Å². The lowest BCUT2D eigenvalue weighted by molar-refractivity contribution is 0.166. The van der Waals surface area contributed by atoms with Crippen molar-refractivity contribution < 1.29 is 4.52 Å². The summed E-state index contributed by atoms with van der Waals surface area (Å²) in [5.74, 6) is 3.31. The van der Waals surface area contributed by atoms with Gasteiger partial charge in [0.2, 0.25) is 5.89 Å². The zero-order valence-electron chi connectivity index (χ0n) is 14.2. The second-order valence-electron chi connectivity index (χ2n) is 8.07. The van der Waals surface area contributed by atoms with Crippen LogP contribution in [0.3, 0.4) is 0 Å². The molecule has 1 atom stereocenters. The highest BCUT2D eigenvalue weighted by molar-refractivity contribution is 4.99. The van der Waals surface area contributed by atoms with Gasteiger partial charge >= 0.3 is 0 Å². The van der Waals surface area contributed by atoms with E-state index in [-0.39, 0.29) is 6.04 Å². The molecule has 1 aromatic rings. The second-order valence-corrected chi connectivity index (χ2v) is 8.07. The molecular formula is C17H31N3O. The van der Waals surface area contributed by atoms with E-state index in [0.29, 0.717) is 29.6 Å². The molecule has 0 radical (unpaired) electrons. The molecule has 120 valence electrons. The van der Waals surface area contributed by atoms with E-state index in [4.69, 9.17) is 10.3 Å². The SMILES string of the molecule is CC(C)C(N)Cc1nc(C2CCC(C(C)(C)C)CC2)no1. The van der Waals surface area contributed by atoms with Crippen LogP contribution in [0.4, 0.5) is 0 Å².